The first-order chi connectivity index (χ1) is 36.9. The maximum absolute atomic E-state index is 13.7. The maximum Gasteiger partial charge on any atom is 0.294 e. The van der Waals surface area contributed by atoms with Gasteiger partial charge in [-0.1, -0.05) is 74.7 Å². The summed E-state index contributed by atoms with van der Waals surface area (Å²) >= 11 is 6.09. The SMILES string of the molecule is CC[N+](CC)=c1ccc2c(-c3ccccc3)c(C)c(/C=C/C=C3/N(CCCCCC(=O)NCCCCCC(=O)Cc4c(C)n(C(=O)c5ccc(Cl)cc5)c5ccc(OC)cc45)c4ccc(S(=O)(=O)O)cc4C3(C)C)oc-2c1. The second-order valence-corrected chi connectivity index (χ2v) is 22.2. The molecule has 12 nitrogen and oxygen atoms in total. The summed E-state index contributed by atoms with van der Waals surface area (Å²) in [5.41, 5.74) is 8.97. The molecular weight excluding hydrogens is 1010 g/mol. The number of aromatic nitrogens is 1. The maximum atomic E-state index is 13.7. The monoisotopic (exact) mass is 1080 g/mol. The van der Waals surface area contributed by atoms with Crippen molar-refractivity contribution in [3.05, 3.63) is 171 Å². The number of nitrogens with one attached hydrogen (secondary N) is 1. The lowest BCUT2D eigenvalue weighted by molar-refractivity contribution is -0.121. The predicted molar refractivity (Wildman–Crippen MR) is 309 cm³/mol. The molecule has 0 fully saturated rings. The molecule has 77 heavy (non-hydrogen) atoms. The predicted octanol–water partition coefficient (Wildman–Crippen LogP) is 12.8. The lowest BCUT2D eigenvalue weighted by Gasteiger charge is -2.27. The van der Waals surface area contributed by atoms with E-state index >= 15 is 0 Å². The summed E-state index contributed by atoms with van der Waals surface area (Å²) in [7, 11) is -2.85. The smallest absolute Gasteiger partial charge is 0.294 e. The average Bonchev–Trinajstić information content (AvgIpc) is 3.92. The lowest BCUT2D eigenvalue weighted by Crippen LogP contribution is -2.29. The number of hydrogen-bond acceptors (Lipinski definition) is 8. The Morgan fingerprint density at radius 1 is 0.844 bits per heavy atom. The lowest BCUT2D eigenvalue weighted by atomic mass is 9.83. The van der Waals surface area contributed by atoms with Gasteiger partial charge in [0.15, 0.2) is 0 Å². The molecule has 0 bridgehead atoms. The van der Waals surface area contributed by atoms with Crippen LogP contribution in [0.2, 0.25) is 5.02 Å². The summed E-state index contributed by atoms with van der Waals surface area (Å²) < 4.78 is 50.8. The zero-order valence-electron chi connectivity index (χ0n) is 45.2. The molecule has 4 aromatic carbocycles. The van der Waals surface area contributed by atoms with E-state index in [1.54, 1.807) is 48.1 Å². The quantitative estimate of drug-likeness (QED) is 0.0384. The highest BCUT2D eigenvalue weighted by atomic mass is 35.5. The number of Topliss-reactive ketones (excluding diaryl/α,β-unsaturated/α-hetero) is 1. The second kappa shape index (κ2) is 24.5. The number of halogens is 1. The van der Waals surface area contributed by atoms with Crippen LogP contribution in [0.15, 0.2) is 136 Å². The van der Waals surface area contributed by atoms with Gasteiger partial charge < -0.3 is 19.4 Å². The van der Waals surface area contributed by atoms with Crippen LogP contribution in [-0.4, -0.2) is 68.4 Å². The van der Waals surface area contributed by atoms with E-state index in [2.05, 4.69) is 85.8 Å². The van der Waals surface area contributed by atoms with Gasteiger partial charge in [-0.15, -0.1) is 0 Å². The van der Waals surface area contributed by atoms with Crippen molar-refractivity contribution in [1.29, 1.82) is 0 Å². The number of allylic oxidation sites excluding steroid dienone is 3. The van der Waals surface area contributed by atoms with E-state index in [4.69, 9.17) is 20.8 Å². The number of ketones is 1. The molecular formula is C63H70ClN4O8S+. The minimum Gasteiger partial charge on any atom is -0.497 e. The fourth-order valence-electron chi connectivity index (χ4n) is 10.8. The van der Waals surface area contributed by atoms with Crippen LogP contribution in [0.25, 0.3) is 39.4 Å². The second-order valence-electron chi connectivity index (χ2n) is 20.3. The van der Waals surface area contributed by atoms with Crippen LogP contribution in [0.1, 0.15) is 118 Å². The van der Waals surface area contributed by atoms with Crippen LogP contribution in [0.5, 0.6) is 5.75 Å². The van der Waals surface area contributed by atoms with Gasteiger partial charge in [0.2, 0.25) is 11.3 Å². The molecule has 0 spiro atoms. The highest BCUT2D eigenvalue weighted by molar-refractivity contribution is 7.85. The van der Waals surface area contributed by atoms with Crippen molar-refractivity contribution >= 4 is 62.0 Å². The molecule has 3 heterocycles. The van der Waals surface area contributed by atoms with Gasteiger partial charge in [-0.2, -0.15) is 8.42 Å². The minimum atomic E-state index is -4.44. The molecule has 2 N–H and O–H groups in total. The third-order valence-electron chi connectivity index (χ3n) is 15.0. The number of hydrogen-bond donors (Lipinski definition) is 2. The highest BCUT2D eigenvalue weighted by Gasteiger charge is 2.40. The molecule has 1 amide bonds. The van der Waals surface area contributed by atoms with Gasteiger partial charge in [0, 0.05) is 88.0 Å². The highest BCUT2D eigenvalue weighted by Crippen LogP contribution is 2.49. The van der Waals surface area contributed by atoms with Crippen molar-refractivity contribution in [3.8, 4) is 28.2 Å². The number of fused-ring (bicyclic) bond motifs is 3. The normalized spacial score (nSPS) is 13.7. The van der Waals surface area contributed by atoms with E-state index in [9.17, 15) is 27.4 Å². The minimum absolute atomic E-state index is 0.0123. The third-order valence-corrected chi connectivity index (χ3v) is 16.1. The number of unbranched alkanes of at least 4 members (excludes halogenated alkanes) is 4. The van der Waals surface area contributed by atoms with Crippen molar-refractivity contribution in [2.24, 2.45) is 0 Å². The zero-order chi connectivity index (χ0) is 55.0. The Morgan fingerprint density at radius 2 is 1.57 bits per heavy atom. The molecule has 0 saturated carbocycles. The fraction of sp³-hybridized carbons (Fsp3) is 0.333. The number of carbonyl (C=O) groups is 3. The van der Waals surface area contributed by atoms with Crippen molar-refractivity contribution in [2.75, 3.05) is 38.2 Å². The Hall–Kier alpha value is -7.06. The largest absolute Gasteiger partial charge is 0.497 e. The topological polar surface area (TPSA) is 151 Å². The van der Waals surface area contributed by atoms with E-state index in [1.807, 2.05) is 55.5 Å². The molecule has 2 aliphatic heterocycles. The summed E-state index contributed by atoms with van der Waals surface area (Å²) in [5, 5.41) is 5.49. The van der Waals surface area contributed by atoms with E-state index in [0.717, 1.165) is 106 Å². The molecule has 402 valence electrons. The Labute approximate surface area is 457 Å². The first kappa shape index (κ1) is 56.2. The van der Waals surface area contributed by atoms with E-state index < -0.39 is 15.5 Å². The summed E-state index contributed by atoms with van der Waals surface area (Å²) in [6.45, 7) is 15.3. The molecule has 3 aliphatic rings. The first-order valence-corrected chi connectivity index (χ1v) is 28.5. The van der Waals surface area contributed by atoms with E-state index in [-0.39, 0.29) is 28.9 Å². The molecule has 1 aromatic heterocycles. The molecule has 0 saturated heterocycles. The Kier molecular flexibility index (Phi) is 17.9. The molecule has 5 aromatic rings. The van der Waals surface area contributed by atoms with Crippen LogP contribution >= 0.6 is 11.6 Å². The fourth-order valence-corrected chi connectivity index (χ4v) is 11.4. The average molecular weight is 1080 g/mol. The summed E-state index contributed by atoms with van der Waals surface area (Å²) in [5.74, 6) is 2.02. The summed E-state index contributed by atoms with van der Waals surface area (Å²) in [6.07, 6.45) is 11.5. The van der Waals surface area contributed by atoms with Crippen LogP contribution in [-0.2, 0) is 31.5 Å². The van der Waals surface area contributed by atoms with E-state index in [1.165, 1.54) is 6.07 Å². The summed E-state index contributed by atoms with van der Waals surface area (Å²) in [4.78, 5) is 42.1. The van der Waals surface area contributed by atoms with Gasteiger partial charge in [0.05, 0.1) is 23.6 Å². The molecule has 8 rings (SSSR count). The van der Waals surface area contributed by atoms with Gasteiger partial charge in [-0.25, -0.2) is 4.58 Å². The van der Waals surface area contributed by atoms with Crippen molar-refractivity contribution in [2.45, 2.75) is 110 Å². The van der Waals surface area contributed by atoms with Gasteiger partial charge >= 0.3 is 0 Å². The van der Waals surface area contributed by atoms with Crippen LogP contribution < -0.4 is 24.9 Å². The van der Waals surface area contributed by atoms with Crippen LogP contribution in [0, 0.1) is 13.8 Å². The van der Waals surface area contributed by atoms with E-state index in [0.29, 0.717) is 66.3 Å². The molecule has 0 radical (unpaired) electrons. The molecule has 0 unspecified atom stereocenters. The zero-order valence-corrected chi connectivity index (χ0v) is 46.8. The third kappa shape index (κ3) is 12.5. The Balaban J connectivity index is 0.870. The van der Waals surface area contributed by atoms with Crippen molar-refractivity contribution in [3.63, 3.8) is 0 Å². The molecule has 0 atom stereocenters. The van der Waals surface area contributed by atoms with Gasteiger partial charge in [0.25, 0.3) is 16.0 Å². The van der Waals surface area contributed by atoms with Crippen molar-refractivity contribution < 1.29 is 36.5 Å². The number of rotatable bonds is 22. The number of nitrogens with zero attached hydrogens (tertiary/aromatic N) is 3. The van der Waals surface area contributed by atoms with Crippen LogP contribution in [0.3, 0.4) is 0 Å². The van der Waals surface area contributed by atoms with Gasteiger partial charge in [-0.05, 0) is 155 Å². The number of carbonyl (C=O) groups excluding carboxylic acids is 3. The molecule has 14 heteroatoms. The number of methoxy groups -OCH3 is 1. The van der Waals surface area contributed by atoms with Gasteiger partial charge in [0.1, 0.15) is 36.1 Å². The number of benzene rings is 5. The first-order valence-electron chi connectivity index (χ1n) is 26.7. The van der Waals surface area contributed by atoms with Crippen LogP contribution in [0.4, 0.5) is 5.69 Å². The number of anilines is 1. The standard InChI is InChI=1S/C63H69ClN4O8S/c1-8-66(9-2)47-30-33-51-58(38-47)76-57(42(3)61(51)44-20-13-10-14-21-44)23-19-24-59-63(5,6)54-41-50(77(72,73)74)32-35-56(54)67(59)37-18-12-16-25-60(70)65-36-17-11-15-22-48(69)39-52-43(4)68(55-34-31-49(75-7)40-53(52)55)62(71)45-26-28-46(64)29-27-45/h10,13-14,19-21,23-24,26-35,38,40-41H,8-9,11-12,15-18,22,25,36-37,39H2,1-7H3,(H-,65,70,72,73,74)/p+1. The van der Waals surface area contributed by atoms with Gasteiger partial charge in [-0.3, -0.25) is 23.5 Å². The van der Waals surface area contributed by atoms with Crippen molar-refractivity contribution in [1.82, 2.24) is 14.5 Å². The number of ether oxygens (including phenoxy) is 1. The Morgan fingerprint density at radius 3 is 2.29 bits per heavy atom. The molecule has 1 aliphatic carbocycles. The Bertz CT molecular complexity index is 3530. The summed E-state index contributed by atoms with van der Waals surface area (Å²) in [6, 6.07) is 33.8. The number of amides is 1.